The molecule has 2 aliphatic rings. The Balaban J connectivity index is 1.46. The van der Waals surface area contributed by atoms with Gasteiger partial charge >= 0.3 is 6.03 Å². The van der Waals surface area contributed by atoms with Crippen molar-refractivity contribution >= 4 is 22.8 Å². The van der Waals surface area contributed by atoms with Gasteiger partial charge in [-0.25, -0.2) is 4.79 Å². The molecule has 7 nitrogen and oxygen atoms in total. The summed E-state index contributed by atoms with van der Waals surface area (Å²) in [6, 6.07) is 8.78. The molecule has 0 aliphatic carbocycles. The summed E-state index contributed by atoms with van der Waals surface area (Å²) in [6.45, 7) is 3.69. The van der Waals surface area contributed by atoms with Crippen molar-refractivity contribution in [1.82, 2.24) is 19.7 Å². The number of aromatic nitrogens is 1. The Morgan fingerprint density at radius 3 is 2.19 bits per heavy atom. The fraction of sp³-hybridized carbons (Fsp3) is 0.450. The fourth-order valence-electron chi connectivity index (χ4n) is 3.94. The molecule has 0 spiro atoms. The lowest BCUT2D eigenvalue weighted by Gasteiger charge is -2.38. The minimum Gasteiger partial charge on any atom is -0.335 e. The quantitative estimate of drug-likeness (QED) is 0.835. The Bertz CT molecular complexity index is 909. The molecule has 1 aromatic heterocycles. The monoisotopic (exact) mass is 368 g/mol. The van der Waals surface area contributed by atoms with Gasteiger partial charge in [0.15, 0.2) is 0 Å². The lowest BCUT2D eigenvalue weighted by Crippen LogP contribution is -2.54. The second kappa shape index (κ2) is 7.42. The van der Waals surface area contributed by atoms with Crippen molar-refractivity contribution in [3.05, 3.63) is 46.2 Å². The minimum absolute atomic E-state index is 0.0865. The summed E-state index contributed by atoms with van der Waals surface area (Å²) in [5.41, 5.74) is 0.799. The van der Waals surface area contributed by atoms with Crippen molar-refractivity contribution in [2.45, 2.75) is 19.3 Å². The summed E-state index contributed by atoms with van der Waals surface area (Å²) >= 11 is 0. The summed E-state index contributed by atoms with van der Waals surface area (Å²) in [4.78, 5) is 45.8. The largest absolute Gasteiger partial charge is 0.335 e. The van der Waals surface area contributed by atoms with Crippen LogP contribution in [0.4, 0.5) is 4.79 Å². The number of carbonyl (C=O) groups excluding carboxylic acids is 2. The molecule has 0 radical (unpaired) electrons. The highest BCUT2D eigenvalue weighted by Gasteiger charge is 2.28. The Labute approximate surface area is 157 Å². The predicted octanol–water partition coefficient (Wildman–Crippen LogP) is 1.89. The number of nitrogens with zero attached hydrogens (tertiary/aromatic N) is 3. The van der Waals surface area contributed by atoms with Crippen LogP contribution >= 0.6 is 0 Å². The number of fused-ring (bicyclic) bond motifs is 1. The molecule has 142 valence electrons. The minimum atomic E-state index is -0.282. The van der Waals surface area contributed by atoms with Crippen molar-refractivity contribution in [3.8, 4) is 0 Å². The van der Waals surface area contributed by atoms with E-state index in [0.29, 0.717) is 37.3 Å². The maximum absolute atomic E-state index is 13.0. The van der Waals surface area contributed by atoms with Gasteiger partial charge in [-0.2, -0.15) is 0 Å². The zero-order valence-corrected chi connectivity index (χ0v) is 15.3. The van der Waals surface area contributed by atoms with Crippen molar-refractivity contribution in [1.29, 1.82) is 0 Å². The van der Waals surface area contributed by atoms with E-state index in [1.165, 1.54) is 12.5 Å². The van der Waals surface area contributed by atoms with Gasteiger partial charge in [0.05, 0.1) is 5.56 Å². The van der Waals surface area contributed by atoms with Crippen LogP contribution in [0.2, 0.25) is 0 Å². The number of H-pyrrole nitrogens is 1. The zero-order valence-electron chi connectivity index (χ0n) is 15.3. The lowest BCUT2D eigenvalue weighted by molar-refractivity contribution is 0.0634. The molecule has 1 aromatic carbocycles. The molecule has 3 heterocycles. The maximum Gasteiger partial charge on any atom is 0.320 e. The average molecular weight is 368 g/mol. The smallest absolute Gasteiger partial charge is 0.320 e. The molecule has 0 atom stereocenters. The Morgan fingerprint density at radius 2 is 1.44 bits per heavy atom. The van der Waals surface area contributed by atoms with Crippen molar-refractivity contribution in [2.75, 3.05) is 39.3 Å². The van der Waals surface area contributed by atoms with E-state index in [1.807, 2.05) is 28.0 Å². The van der Waals surface area contributed by atoms with Gasteiger partial charge in [-0.3, -0.25) is 9.59 Å². The molecule has 0 unspecified atom stereocenters. The number of amides is 3. The number of hydrogen-bond donors (Lipinski definition) is 1. The maximum atomic E-state index is 13.0. The van der Waals surface area contributed by atoms with Crippen LogP contribution in [-0.2, 0) is 0 Å². The van der Waals surface area contributed by atoms with Gasteiger partial charge in [0.2, 0.25) is 5.56 Å². The number of hydrogen-bond acceptors (Lipinski definition) is 3. The summed E-state index contributed by atoms with van der Waals surface area (Å²) < 4.78 is 0. The average Bonchev–Trinajstić information content (AvgIpc) is 2.73. The van der Waals surface area contributed by atoms with Crippen molar-refractivity contribution < 1.29 is 9.59 Å². The zero-order chi connectivity index (χ0) is 18.8. The van der Waals surface area contributed by atoms with Crippen LogP contribution in [0.25, 0.3) is 10.9 Å². The first-order chi connectivity index (χ1) is 13.1. The molecule has 27 heavy (non-hydrogen) atoms. The highest BCUT2D eigenvalue weighted by Crippen LogP contribution is 2.18. The van der Waals surface area contributed by atoms with Gasteiger partial charge < -0.3 is 19.7 Å². The van der Waals surface area contributed by atoms with E-state index < -0.39 is 0 Å². The molecule has 1 N–H and O–H groups in total. The van der Waals surface area contributed by atoms with Gasteiger partial charge in [0.25, 0.3) is 5.91 Å². The molecule has 4 rings (SSSR count). The number of rotatable bonds is 1. The SMILES string of the molecule is O=C(c1cc(=O)[nH]c2ccccc12)N1CCN(C(=O)N2CCCCC2)CC1. The molecular formula is C20H24N4O3. The van der Waals surface area contributed by atoms with E-state index in [1.54, 1.807) is 11.0 Å². The Hall–Kier alpha value is -2.83. The predicted molar refractivity (Wildman–Crippen MR) is 103 cm³/mol. The van der Waals surface area contributed by atoms with Crippen molar-refractivity contribution in [3.63, 3.8) is 0 Å². The molecule has 2 aromatic rings. The van der Waals surface area contributed by atoms with E-state index in [-0.39, 0.29) is 17.5 Å². The third-order valence-corrected chi connectivity index (χ3v) is 5.44. The lowest BCUT2D eigenvalue weighted by atomic mass is 10.1. The fourth-order valence-corrected chi connectivity index (χ4v) is 3.94. The van der Waals surface area contributed by atoms with Gasteiger partial charge in [0.1, 0.15) is 0 Å². The van der Waals surface area contributed by atoms with E-state index in [2.05, 4.69) is 4.98 Å². The van der Waals surface area contributed by atoms with E-state index in [0.717, 1.165) is 31.3 Å². The van der Waals surface area contributed by atoms with Gasteiger partial charge in [0, 0.05) is 56.2 Å². The molecule has 7 heteroatoms. The summed E-state index contributed by atoms with van der Waals surface area (Å²) in [5.74, 6) is -0.151. The number of likely N-dealkylation sites (tertiary alicyclic amines) is 1. The number of pyridine rings is 1. The number of benzene rings is 1. The second-order valence-electron chi connectivity index (χ2n) is 7.20. The van der Waals surface area contributed by atoms with Gasteiger partial charge in [-0.1, -0.05) is 18.2 Å². The van der Waals surface area contributed by atoms with E-state index in [4.69, 9.17) is 0 Å². The standard InChI is InChI=1S/C20H24N4O3/c25-18-14-16(15-6-2-3-7-17(15)21-18)19(26)22-10-12-24(13-11-22)20(27)23-8-4-1-5-9-23/h2-3,6-7,14H,1,4-5,8-13H2,(H,21,25). The number of piperidine rings is 1. The van der Waals surface area contributed by atoms with Crippen LogP contribution in [0.1, 0.15) is 29.6 Å². The summed E-state index contributed by atoms with van der Waals surface area (Å²) in [5, 5.41) is 0.744. The number of urea groups is 1. The first kappa shape index (κ1) is 17.6. The third kappa shape index (κ3) is 3.54. The number of aromatic amines is 1. The molecule has 0 saturated carbocycles. The highest BCUT2D eigenvalue weighted by molar-refractivity contribution is 6.06. The molecule has 2 saturated heterocycles. The number of nitrogens with one attached hydrogen (secondary N) is 1. The summed E-state index contributed by atoms with van der Waals surface area (Å²) in [6.07, 6.45) is 3.33. The molecule has 0 bridgehead atoms. The third-order valence-electron chi connectivity index (χ3n) is 5.44. The Kier molecular flexibility index (Phi) is 4.83. The highest BCUT2D eigenvalue weighted by atomic mass is 16.2. The van der Waals surface area contributed by atoms with E-state index in [9.17, 15) is 14.4 Å². The van der Waals surface area contributed by atoms with Crippen LogP contribution < -0.4 is 5.56 Å². The first-order valence-corrected chi connectivity index (χ1v) is 9.59. The molecule has 2 aliphatic heterocycles. The first-order valence-electron chi connectivity index (χ1n) is 9.59. The van der Waals surface area contributed by atoms with Crippen LogP contribution in [0.5, 0.6) is 0 Å². The van der Waals surface area contributed by atoms with E-state index >= 15 is 0 Å². The van der Waals surface area contributed by atoms with Crippen LogP contribution in [0, 0.1) is 0 Å². The number of piperazine rings is 1. The van der Waals surface area contributed by atoms with Crippen LogP contribution in [-0.4, -0.2) is 70.9 Å². The van der Waals surface area contributed by atoms with Crippen LogP contribution in [0.3, 0.4) is 0 Å². The topological polar surface area (TPSA) is 76.7 Å². The number of para-hydroxylation sites is 1. The van der Waals surface area contributed by atoms with Gasteiger partial charge in [-0.15, -0.1) is 0 Å². The molecule has 3 amide bonds. The molecule has 2 fully saturated rings. The van der Waals surface area contributed by atoms with Gasteiger partial charge in [-0.05, 0) is 25.3 Å². The van der Waals surface area contributed by atoms with Crippen LogP contribution in [0.15, 0.2) is 35.1 Å². The molecular weight excluding hydrogens is 344 g/mol. The number of carbonyl (C=O) groups is 2. The van der Waals surface area contributed by atoms with Crippen molar-refractivity contribution in [2.24, 2.45) is 0 Å². The normalized spacial score (nSPS) is 18.0. The second-order valence-corrected chi connectivity index (χ2v) is 7.20. The Morgan fingerprint density at radius 1 is 0.815 bits per heavy atom. The summed E-state index contributed by atoms with van der Waals surface area (Å²) in [7, 11) is 0.